The normalized spacial score (nSPS) is 10.8. The minimum Gasteiger partial charge on any atom is -0.473 e. The topological polar surface area (TPSA) is 75.8 Å². The van der Waals surface area contributed by atoms with Crippen molar-refractivity contribution in [3.8, 4) is 5.88 Å². The van der Waals surface area contributed by atoms with Crippen molar-refractivity contribution >= 4 is 5.82 Å². The van der Waals surface area contributed by atoms with E-state index in [-0.39, 0.29) is 19.1 Å². The van der Waals surface area contributed by atoms with Gasteiger partial charge in [-0.25, -0.2) is 8.78 Å². The molecule has 0 aliphatic carbocycles. The van der Waals surface area contributed by atoms with Crippen LogP contribution in [0.2, 0.25) is 0 Å². The summed E-state index contributed by atoms with van der Waals surface area (Å²) in [6, 6.07) is 0.627. The molecule has 0 amide bonds. The van der Waals surface area contributed by atoms with Crippen molar-refractivity contribution in [2.45, 2.75) is 0 Å². The fourth-order valence-corrected chi connectivity index (χ4v) is 1.23. The molecule has 0 spiro atoms. The summed E-state index contributed by atoms with van der Waals surface area (Å²) >= 11 is 0. The van der Waals surface area contributed by atoms with Crippen LogP contribution in [0.5, 0.6) is 5.88 Å². The van der Waals surface area contributed by atoms with Gasteiger partial charge in [0.2, 0.25) is 0 Å². The van der Waals surface area contributed by atoms with Crippen molar-refractivity contribution in [2.24, 2.45) is 0 Å². The maximum atomic E-state index is 13.2. The van der Waals surface area contributed by atoms with Gasteiger partial charge < -0.3 is 24.7 Å². The van der Waals surface area contributed by atoms with E-state index in [1.54, 1.807) is 7.11 Å². The molecule has 0 saturated carbocycles. The van der Waals surface area contributed by atoms with E-state index < -0.39 is 17.5 Å². The second kappa shape index (κ2) is 9.40. The van der Waals surface area contributed by atoms with E-state index in [0.717, 1.165) is 0 Å². The van der Waals surface area contributed by atoms with Crippen LogP contribution in [0.1, 0.15) is 0 Å². The van der Waals surface area contributed by atoms with Gasteiger partial charge in [-0.15, -0.1) is 0 Å². The van der Waals surface area contributed by atoms with Crippen LogP contribution < -0.4 is 10.5 Å². The lowest BCUT2D eigenvalue weighted by Gasteiger charge is -2.08. The van der Waals surface area contributed by atoms with Crippen LogP contribution >= 0.6 is 0 Å². The standard InChI is InChI=1S/C12H18F2N2O4/c1-17-2-3-18-4-5-19-6-7-20-12-10(14)8-9(13)11(15)16-12/h8H,2-7H2,1H3,(H2,15,16). The summed E-state index contributed by atoms with van der Waals surface area (Å²) in [6.07, 6.45) is 0. The number of anilines is 1. The fourth-order valence-electron chi connectivity index (χ4n) is 1.23. The minimum absolute atomic E-state index is 0.0765. The lowest BCUT2D eigenvalue weighted by Crippen LogP contribution is -2.13. The average molecular weight is 292 g/mol. The Labute approximate surface area is 115 Å². The number of pyridine rings is 1. The highest BCUT2D eigenvalue weighted by Gasteiger charge is 2.10. The van der Waals surface area contributed by atoms with Crippen LogP contribution in [0.3, 0.4) is 0 Å². The van der Waals surface area contributed by atoms with Crippen LogP contribution in [0.15, 0.2) is 6.07 Å². The second-order valence-electron chi connectivity index (χ2n) is 3.71. The van der Waals surface area contributed by atoms with Gasteiger partial charge >= 0.3 is 0 Å². The predicted molar refractivity (Wildman–Crippen MR) is 67.6 cm³/mol. The molecule has 0 fully saturated rings. The molecule has 2 N–H and O–H groups in total. The van der Waals surface area contributed by atoms with Crippen LogP contribution in [-0.4, -0.2) is 51.7 Å². The number of ether oxygens (including phenoxy) is 4. The zero-order valence-electron chi connectivity index (χ0n) is 11.2. The number of aromatic nitrogens is 1. The molecular weight excluding hydrogens is 274 g/mol. The van der Waals surface area contributed by atoms with Crippen molar-refractivity contribution in [2.75, 3.05) is 52.5 Å². The Morgan fingerprint density at radius 2 is 1.60 bits per heavy atom. The Morgan fingerprint density at radius 3 is 2.25 bits per heavy atom. The van der Waals surface area contributed by atoms with E-state index in [1.807, 2.05) is 0 Å². The summed E-state index contributed by atoms with van der Waals surface area (Å²) in [4.78, 5) is 3.45. The number of hydrogen-bond donors (Lipinski definition) is 1. The van der Waals surface area contributed by atoms with E-state index >= 15 is 0 Å². The third-order valence-corrected chi connectivity index (χ3v) is 2.19. The lowest BCUT2D eigenvalue weighted by molar-refractivity contribution is 0.0174. The van der Waals surface area contributed by atoms with Gasteiger partial charge in [-0.05, 0) is 0 Å². The van der Waals surface area contributed by atoms with Crippen molar-refractivity contribution in [3.05, 3.63) is 17.7 Å². The monoisotopic (exact) mass is 292 g/mol. The van der Waals surface area contributed by atoms with Crippen LogP contribution in [0, 0.1) is 11.6 Å². The molecule has 8 heteroatoms. The Bertz CT molecular complexity index is 407. The second-order valence-corrected chi connectivity index (χ2v) is 3.71. The van der Waals surface area contributed by atoms with E-state index in [2.05, 4.69) is 4.98 Å². The molecule has 114 valence electrons. The first kappa shape index (κ1) is 16.5. The third-order valence-electron chi connectivity index (χ3n) is 2.19. The zero-order chi connectivity index (χ0) is 14.8. The highest BCUT2D eigenvalue weighted by Crippen LogP contribution is 2.18. The minimum atomic E-state index is -0.917. The Morgan fingerprint density at radius 1 is 1.00 bits per heavy atom. The SMILES string of the molecule is COCCOCCOCCOc1nc(N)c(F)cc1F. The van der Waals surface area contributed by atoms with Gasteiger partial charge in [0.1, 0.15) is 6.61 Å². The van der Waals surface area contributed by atoms with Crippen molar-refractivity contribution in [1.82, 2.24) is 4.98 Å². The number of nitrogen functional groups attached to an aromatic ring is 1. The third kappa shape index (κ3) is 6.09. The van der Waals surface area contributed by atoms with E-state index in [0.29, 0.717) is 32.5 Å². The predicted octanol–water partition coefficient (Wildman–Crippen LogP) is 1.00. The molecule has 20 heavy (non-hydrogen) atoms. The van der Waals surface area contributed by atoms with Gasteiger partial charge in [0.05, 0.1) is 33.0 Å². The van der Waals surface area contributed by atoms with Gasteiger partial charge in [0.15, 0.2) is 17.5 Å². The largest absolute Gasteiger partial charge is 0.473 e. The number of rotatable bonds is 10. The molecular formula is C12H18F2N2O4. The number of nitrogens with zero attached hydrogens (tertiary/aromatic N) is 1. The summed E-state index contributed by atoms with van der Waals surface area (Å²) in [5.41, 5.74) is 5.21. The molecule has 0 aromatic carbocycles. The molecule has 0 unspecified atom stereocenters. The van der Waals surface area contributed by atoms with Crippen LogP contribution in [0.4, 0.5) is 14.6 Å². The van der Waals surface area contributed by atoms with Gasteiger partial charge in [-0.1, -0.05) is 0 Å². The Balaban J connectivity index is 2.11. The first-order chi connectivity index (χ1) is 9.65. The molecule has 0 aliphatic heterocycles. The quantitative estimate of drug-likeness (QED) is 0.648. The van der Waals surface area contributed by atoms with E-state index in [9.17, 15) is 8.78 Å². The van der Waals surface area contributed by atoms with E-state index in [4.69, 9.17) is 24.7 Å². The average Bonchev–Trinajstić information content (AvgIpc) is 2.42. The van der Waals surface area contributed by atoms with E-state index in [1.165, 1.54) is 0 Å². The molecule has 1 aromatic rings. The molecule has 0 bridgehead atoms. The number of nitrogens with two attached hydrogens (primary N) is 1. The molecule has 0 atom stereocenters. The first-order valence-electron chi connectivity index (χ1n) is 6.04. The maximum absolute atomic E-state index is 13.2. The fraction of sp³-hybridized carbons (Fsp3) is 0.583. The summed E-state index contributed by atoms with van der Waals surface area (Å²) in [5.74, 6) is -2.57. The highest BCUT2D eigenvalue weighted by molar-refractivity contribution is 5.34. The first-order valence-corrected chi connectivity index (χ1v) is 6.04. The summed E-state index contributed by atoms with van der Waals surface area (Å²) in [5, 5.41) is 0. The van der Waals surface area contributed by atoms with Crippen molar-refractivity contribution in [1.29, 1.82) is 0 Å². The number of halogens is 2. The molecule has 0 aliphatic rings. The Hall–Kier alpha value is -1.51. The summed E-state index contributed by atoms with van der Waals surface area (Å²) in [6.45, 7) is 2.15. The molecule has 6 nitrogen and oxygen atoms in total. The number of hydrogen-bond acceptors (Lipinski definition) is 6. The van der Waals surface area contributed by atoms with Crippen LogP contribution in [-0.2, 0) is 14.2 Å². The van der Waals surface area contributed by atoms with Crippen molar-refractivity contribution in [3.63, 3.8) is 0 Å². The highest BCUT2D eigenvalue weighted by atomic mass is 19.1. The number of methoxy groups -OCH3 is 1. The molecule has 1 heterocycles. The smallest absolute Gasteiger partial charge is 0.252 e. The van der Waals surface area contributed by atoms with Gasteiger partial charge in [0.25, 0.3) is 5.88 Å². The zero-order valence-corrected chi connectivity index (χ0v) is 11.2. The lowest BCUT2D eigenvalue weighted by atomic mass is 10.4. The Kier molecular flexibility index (Phi) is 7.78. The van der Waals surface area contributed by atoms with Crippen LogP contribution in [0.25, 0.3) is 0 Å². The molecule has 1 rings (SSSR count). The van der Waals surface area contributed by atoms with Crippen molar-refractivity contribution < 1.29 is 27.7 Å². The molecule has 0 radical (unpaired) electrons. The maximum Gasteiger partial charge on any atom is 0.252 e. The molecule has 0 saturated heterocycles. The summed E-state index contributed by atoms with van der Waals surface area (Å²) < 4.78 is 46.2. The molecule has 1 aromatic heterocycles. The summed E-state index contributed by atoms with van der Waals surface area (Å²) in [7, 11) is 1.59. The van der Waals surface area contributed by atoms with Gasteiger partial charge in [0, 0.05) is 13.2 Å². The van der Waals surface area contributed by atoms with Gasteiger partial charge in [-0.3, -0.25) is 0 Å². The van der Waals surface area contributed by atoms with Gasteiger partial charge in [-0.2, -0.15) is 4.98 Å².